The van der Waals surface area contributed by atoms with Gasteiger partial charge in [0.25, 0.3) is 0 Å². The predicted octanol–water partition coefficient (Wildman–Crippen LogP) is 3.59. The Morgan fingerprint density at radius 3 is 2.63 bits per heavy atom. The molecule has 0 amide bonds. The first-order valence-electron chi connectivity index (χ1n) is 9.90. The molecule has 0 aliphatic rings. The van der Waals surface area contributed by atoms with E-state index in [1.54, 1.807) is 20.4 Å². The van der Waals surface area contributed by atoms with E-state index in [1.807, 2.05) is 26.2 Å². The fourth-order valence-corrected chi connectivity index (χ4v) is 2.94. The van der Waals surface area contributed by atoms with E-state index in [2.05, 4.69) is 45.6 Å². The highest BCUT2D eigenvalue weighted by atomic mass is 127. The highest BCUT2D eigenvalue weighted by molar-refractivity contribution is 14.0. The summed E-state index contributed by atoms with van der Waals surface area (Å²) in [5, 5.41) is 6.75. The summed E-state index contributed by atoms with van der Waals surface area (Å²) in [5.41, 5.74) is 2.26. The summed E-state index contributed by atoms with van der Waals surface area (Å²) >= 11 is 0. The number of methoxy groups -OCH3 is 1. The van der Waals surface area contributed by atoms with E-state index >= 15 is 0 Å². The van der Waals surface area contributed by atoms with Crippen molar-refractivity contribution in [3.8, 4) is 5.75 Å². The second kappa shape index (κ2) is 14.3. The summed E-state index contributed by atoms with van der Waals surface area (Å²) in [6.07, 6.45) is 2.56. The number of furan rings is 1. The van der Waals surface area contributed by atoms with Crippen molar-refractivity contribution < 1.29 is 13.9 Å². The van der Waals surface area contributed by atoms with E-state index in [1.165, 1.54) is 5.56 Å². The lowest BCUT2D eigenvalue weighted by Crippen LogP contribution is -2.41. The summed E-state index contributed by atoms with van der Waals surface area (Å²) < 4.78 is 16.6. The van der Waals surface area contributed by atoms with Crippen molar-refractivity contribution in [2.24, 2.45) is 4.99 Å². The standard InChI is InChI=1S/C22H34N4O3.HI/c1-17-9-10-18(21(14-17)29-13-7-11-27-5)15-24-22(23-2)25-16-19(26(3)4)20-8-6-12-28-20;/h6,8-10,12,14,19H,7,11,13,15-16H2,1-5H3,(H2,23,24,25);1H. The van der Waals surface area contributed by atoms with Crippen LogP contribution in [0.15, 0.2) is 46.0 Å². The number of aliphatic imine (C=N–C) groups is 1. The third-order valence-corrected chi connectivity index (χ3v) is 4.60. The average molecular weight is 530 g/mol. The monoisotopic (exact) mass is 530 g/mol. The number of benzene rings is 1. The Kier molecular flexibility index (Phi) is 12.5. The molecule has 0 bridgehead atoms. The van der Waals surface area contributed by atoms with Crippen LogP contribution < -0.4 is 15.4 Å². The van der Waals surface area contributed by atoms with Gasteiger partial charge in [0.1, 0.15) is 11.5 Å². The normalized spacial score (nSPS) is 12.4. The van der Waals surface area contributed by atoms with Crippen LogP contribution in [0.1, 0.15) is 29.3 Å². The summed E-state index contributed by atoms with van der Waals surface area (Å²) in [6, 6.07) is 10.3. The minimum Gasteiger partial charge on any atom is -0.493 e. The number of rotatable bonds is 11. The summed E-state index contributed by atoms with van der Waals surface area (Å²) in [4.78, 5) is 6.45. The molecule has 0 saturated heterocycles. The molecular weight excluding hydrogens is 495 g/mol. The first kappa shape index (κ1) is 26.3. The zero-order valence-corrected chi connectivity index (χ0v) is 20.9. The molecule has 0 saturated carbocycles. The van der Waals surface area contributed by atoms with E-state index < -0.39 is 0 Å². The first-order valence-corrected chi connectivity index (χ1v) is 9.90. The Labute approximate surface area is 197 Å². The lowest BCUT2D eigenvalue weighted by molar-refractivity contribution is 0.171. The fourth-order valence-electron chi connectivity index (χ4n) is 2.94. The Bertz CT molecular complexity index is 751. The molecule has 1 unspecified atom stereocenters. The molecule has 1 atom stereocenters. The highest BCUT2D eigenvalue weighted by Gasteiger charge is 2.17. The second-order valence-electron chi connectivity index (χ2n) is 7.11. The third kappa shape index (κ3) is 8.53. The quantitative estimate of drug-likeness (QED) is 0.200. The molecule has 1 aromatic carbocycles. The van der Waals surface area contributed by atoms with Crippen LogP contribution in [-0.2, 0) is 11.3 Å². The van der Waals surface area contributed by atoms with Crippen molar-refractivity contribution in [1.82, 2.24) is 15.5 Å². The fraction of sp³-hybridized carbons (Fsp3) is 0.500. The zero-order chi connectivity index (χ0) is 21.1. The molecule has 8 heteroatoms. The maximum absolute atomic E-state index is 5.97. The van der Waals surface area contributed by atoms with Crippen LogP contribution in [0.3, 0.4) is 0 Å². The number of halogens is 1. The lowest BCUT2D eigenvalue weighted by atomic mass is 10.1. The van der Waals surface area contributed by atoms with E-state index in [4.69, 9.17) is 13.9 Å². The number of hydrogen-bond acceptors (Lipinski definition) is 5. The van der Waals surface area contributed by atoms with Crippen molar-refractivity contribution in [3.05, 3.63) is 53.5 Å². The number of guanidine groups is 1. The van der Waals surface area contributed by atoms with Crippen LogP contribution in [0.2, 0.25) is 0 Å². The van der Waals surface area contributed by atoms with Gasteiger partial charge in [-0.05, 0) is 44.8 Å². The molecule has 7 nitrogen and oxygen atoms in total. The molecule has 0 aliphatic heterocycles. The molecule has 2 N–H and O–H groups in total. The minimum absolute atomic E-state index is 0. The van der Waals surface area contributed by atoms with Crippen LogP contribution in [-0.4, -0.2) is 58.9 Å². The molecule has 0 fully saturated rings. The molecule has 1 aromatic heterocycles. The Balaban J connectivity index is 0.00000450. The molecular formula is C22H35IN4O3. The minimum atomic E-state index is 0. The van der Waals surface area contributed by atoms with Crippen molar-refractivity contribution in [1.29, 1.82) is 0 Å². The van der Waals surface area contributed by atoms with Gasteiger partial charge in [-0.15, -0.1) is 24.0 Å². The largest absolute Gasteiger partial charge is 0.493 e. The van der Waals surface area contributed by atoms with Gasteiger partial charge in [-0.25, -0.2) is 0 Å². The van der Waals surface area contributed by atoms with Gasteiger partial charge in [-0.1, -0.05) is 12.1 Å². The number of nitrogens with zero attached hydrogens (tertiary/aromatic N) is 2. The smallest absolute Gasteiger partial charge is 0.191 e. The third-order valence-electron chi connectivity index (χ3n) is 4.60. The number of nitrogens with one attached hydrogen (secondary N) is 2. The zero-order valence-electron chi connectivity index (χ0n) is 18.6. The number of ether oxygens (including phenoxy) is 2. The van der Waals surface area contributed by atoms with Crippen LogP contribution in [0.4, 0.5) is 0 Å². The number of hydrogen-bond donors (Lipinski definition) is 2. The van der Waals surface area contributed by atoms with Crippen LogP contribution in [0.25, 0.3) is 0 Å². The average Bonchev–Trinajstić information content (AvgIpc) is 3.23. The second-order valence-corrected chi connectivity index (χ2v) is 7.11. The summed E-state index contributed by atoms with van der Waals surface area (Å²) in [5.74, 6) is 2.54. The van der Waals surface area contributed by atoms with Gasteiger partial charge in [0.2, 0.25) is 0 Å². The van der Waals surface area contributed by atoms with Crippen molar-refractivity contribution in [3.63, 3.8) is 0 Å². The van der Waals surface area contributed by atoms with Gasteiger partial charge >= 0.3 is 0 Å². The van der Waals surface area contributed by atoms with E-state index in [-0.39, 0.29) is 30.0 Å². The van der Waals surface area contributed by atoms with Crippen LogP contribution >= 0.6 is 24.0 Å². The van der Waals surface area contributed by atoms with E-state index in [9.17, 15) is 0 Å². The molecule has 168 valence electrons. The molecule has 0 spiro atoms. The number of aryl methyl sites for hydroxylation is 1. The summed E-state index contributed by atoms with van der Waals surface area (Å²) in [6.45, 7) is 4.68. The molecule has 30 heavy (non-hydrogen) atoms. The molecule has 2 rings (SSSR count). The van der Waals surface area contributed by atoms with Crippen molar-refractivity contribution in [2.45, 2.75) is 25.9 Å². The Morgan fingerprint density at radius 1 is 1.20 bits per heavy atom. The predicted molar refractivity (Wildman–Crippen MR) is 132 cm³/mol. The Hall–Kier alpha value is -1.78. The van der Waals surface area contributed by atoms with Crippen LogP contribution in [0, 0.1) is 6.92 Å². The van der Waals surface area contributed by atoms with E-state index in [0.717, 1.165) is 29.5 Å². The van der Waals surface area contributed by atoms with Gasteiger partial charge in [0.05, 0.1) is 18.9 Å². The van der Waals surface area contributed by atoms with Crippen molar-refractivity contribution >= 4 is 29.9 Å². The first-order chi connectivity index (χ1) is 14.0. The molecule has 0 aliphatic carbocycles. The topological polar surface area (TPSA) is 71.3 Å². The molecule has 2 aromatic rings. The molecule has 0 radical (unpaired) electrons. The van der Waals surface area contributed by atoms with Gasteiger partial charge in [0.15, 0.2) is 5.96 Å². The van der Waals surface area contributed by atoms with Gasteiger partial charge in [0, 0.05) is 45.8 Å². The maximum Gasteiger partial charge on any atom is 0.191 e. The number of likely N-dealkylation sites (N-methyl/N-ethyl adjacent to an activating group) is 1. The van der Waals surface area contributed by atoms with Gasteiger partial charge in [-0.2, -0.15) is 0 Å². The Morgan fingerprint density at radius 2 is 2.00 bits per heavy atom. The lowest BCUT2D eigenvalue weighted by Gasteiger charge is -2.24. The molecule has 1 heterocycles. The SMILES string of the molecule is CN=C(NCc1ccc(C)cc1OCCCOC)NCC(c1ccco1)N(C)C.I. The van der Waals surface area contributed by atoms with Gasteiger partial charge in [-0.3, -0.25) is 9.89 Å². The summed E-state index contributed by atoms with van der Waals surface area (Å²) in [7, 11) is 7.53. The van der Waals surface area contributed by atoms with E-state index in [0.29, 0.717) is 26.3 Å². The van der Waals surface area contributed by atoms with Crippen molar-refractivity contribution in [2.75, 3.05) is 48.0 Å². The highest BCUT2D eigenvalue weighted by Crippen LogP contribution is 2.21. The van der Waals surface area contributed by atoms with Gasteiger partial charge < -0.3 is 24.5 Å². The maximum atomic E-state index is 5.97. The van der Waals surface area contributed by atoms with Crippen LogP contribution in [0.5, 0.6) is 5.75 Å².